The number of rotatable bonds is 7. The van der Waals surface area contributed by atoms with Gasteiger partial charge in [-0.25, -0.2) is 9.37 Å². The van der Waals surface area contributed by atoms with E-state index in [4.69, 9.17) is 21.1 Å². The number of benzene rings is 2. The third-order valence-corrected chi connectivity index (χ3v) is 4.45. The molecule has 2 aromatic carbocycles. The molecule has 0 spiro atoms. The molecular weight excluding hydrogens is 355 g/mol. The second-order valence-electron chi connectivity index (χ2n) is 6.20. The van der Waals surface area contributed by atoms with Crippen LogP contribution in [0.4, 0.5) is 4.39 Å². The fourth-order valence-corrected chi connectivity index (χ4v) is 2.96. The van der Waals surface area contributed by atoms with Crippen LogP contribution in [0.2, 0.25) is 5.02 Å². The van der Waals surface area contributed by atoms with Gasteiger partial charge in [-0.2, -0.15) is 0 Å². The monoisotopic (exact) mass is 372 g/mol. The van der Waals surface area contributed by atoms with E-state index in [9.17, 15) is 4.39 Å². The summed E-state index contributed by atoms with van der Waals surface area (Å²) in [5, 5.41) is 0.341. The Morgan fingerprint density at radius 3 is 2.77 bits per heavy atom. The maximum Gasteiger partial charge on any atom is 0.166 e. The molecule has 0 amide bonds. The predicted octanol–water partition coefficient (Wildman–Crippen LogP) is 5.00. The fraction of sp³-hybridized carbons (Fsp3) is 0.250. The van der Waals surface area contributed by atoms with E-state index in [1.54, 1.807) is 6.07 Å². The van der Waals surface area contributed by atoms with Gasteiger partial charge in [-0.3, -0.25) is 0 Å². The highest BCUT2D eigenvalue weighted by molar-refractivity contribution is 6.30. The Kier molecular flexibility index (Phi) is 4.80. The topological polar surface area (TPSA) is 36.3 Å². The molecule has 0 unspecified atom stereocenters. The molecule has 26 heavy (non-hydrogen) atoms. The minimum Gasteiger partial charge on any atom is -0.490 e. The van der Waals surface area contributed by atoms with Gasteiger partial charge in [-0.05, 0) is 43.2 Å². The lowest BCUT2D eigenvalue weighted by molar-refractivity contribution is 0.211. The zero-order valence-corrected chi connectivity index (χ0v) is 14.8. The Hall–Kier alpha value is -2.53. The number of hydrogen-bond acceptors (Lipinski definition) is 3. The van der Waals surface area contributed by atoms with Gasteiger partial charge in [0.2, 0.25) is 0 Å². The normalized spacial score (nSPS) is 13.6. The predicted molar refractivity (Wildman–Crippen MR) is 97.9 cm³/mol. The number of halogens is 2. The number of hydrogen-bond donors (Lipinski definition) is 0. The van der Waals surface area contributed by atoms with Gasteiger partial charge in [0.15, 0.2) is 11.6 Å². The average molecular weight is 373 g/mol. The second kappa shape index (κ2) is 7.38. The molecule has 134 valence electrons. The number of ether oxygens (including phenoxy) is 2. The standard InChI is InChI=1S/C20H18ClFN2O2/c21-15-6-7-19(18(22)12-15)26-11-10-25-17-3-1-2-16(13-17)24-9-8-23-20(24)14-4-5-14/h1-3,6-9,12-14H,4-5,10-11H2. The molecule has 1 fully saturated rings. The minimum atomic E-state index is -0.479. The zero-order chi connectivity index (χ0) is 17.9. The lowest BCUT2D eigenvalue weighted by atomic mass is 10.3. The first-order valence-electron chi connectivity index (χ1n) is 8.55. The van der Waals surface area contributed by atoms with Crippen molar-refractivity contribution in [3.8, 4) is 17.2 Å². The smallest absolute Gasteiger partial charge is 0.166 e. The van der Waals surface area contributed by atoms with Crippen LogP contribution < -0.4 is 9.47 Å². The molecule has 1 aliphatic rings. The zero-order valence-electron chi connectivity index (χ0n) is 14.1. The van der Waals surface area contributed by atoms with E-state index in [1.165, 1.54) is 25.0 Å². The van der Waals surface area contributed by atoms with Crippen LogP contribution >= 0.6 is 11.6 Å². The molecule has 6 heteroatoms. The van der Waals surface area contributed by atoms with Crippen molar-refractivity contribution in [1.29, 1.82) is 0 Å². The molecule has 1 heterocycles. The molecule has 3 aromatic rings. The van der Waals surface area contributed by atoms with E-state index >= 15 is 0 Å². The van der Waals surface area contributed by atoms with Crippen molar-refractivity contribution in [1.82, 2.24) is 9.55 Å². The van der Waals surface area contributed by atoms with Crippen LogP contribution in [-0.4, -0.2) is 22.8 Å². The summed E-state index contributed by atoms with van der Waals surface area (Å²) >= 11 is 5.72. The van der Waals surface area contributed by atoms with Gasteiger partial charge in [0, 0.05) is 29.4 Å². The average Bonchev–Trinajstić information content (AvgIpc) is 3.37. The van der Waals surface area contributed by atoms with Crippen molar-refractivity contribution in [3.05, 3.63) is 71.5 Å². The molecule has 0 aliphatic heterocycles. The van der Waals surface area contributed by atoms with Gasteiger partial charge in [0.25, 0.3) is 0 Å². The molecule has 4 nitrogen and oxygen atoms in total. The molecule has 4 rings (SSSR count). The van der Waals surface area contributed by atoms with Crippen LogP contribution in [-0.2, 0) is 0 Å². The Balaban J connectivity index is 1.36. The van der Waals surface area contributed by atoms with Gasteiger partial charge >= 0.3 is 0 Å². The summed E-state index contributed by atoms with van der Waals surface area (Å²) in [5.74, 6) is 2.09. The lowest BCUT2D eigenvalue weighted by Crippen LogP contribution is -2.10. The van der Waals surface area contributed by atoms with Crippen LogP contribution in [0.3, 0.4) is 0 Å². The van der Waals surface area contributed by atoms with Crippen molar-refractivity contribution in [2.24, 2.45) is 0 Å². The van der Waals surface area contributed by atoms with E-state index in [1.807, 2.05) is 36.7 Å². The SMILES string of the molecule is Fc1cc(Cl)ccc1OCCOc1cccc(-n2ccnc2C2CC2)c1. The maximum absolute atomic E-state index is 13.7. The first kappa shape index (κ1) is 16.9. The molecule has 0 atom stereocenters. The van der Waals surface area contributed by atoms with E-state index in [2.05, 4.69) is 9.55 Å². The van der Waals surface area contributed by atoms with Gasteiger partial charge in [-0.15, -0.1) is 0 Å². The van der Waals surface area contributed by atoms with E-state index in [0.717, 1.165) is 17.3 Å². The molecule has 1 aromatic heterocycles. The quantitative estimate of drug-likeness (QED) is 0.547. The van der Waals surface area contributed by atoms with Crippen molar-refractivity contribution in [2.45, 2.75) is 18.8 Å². The highest BCUT2D eigenvalue weighted by atomic mass is 35.5. The Bertz CT molecular complexity index is 908. The van der Waals surface area contributed by atoms with Crippen LogP contribution in [0.1, 0.15) is 24.6 Å². The maximum atomic E-state index is 13.7. The molecular formula is C20H18ClFN2O2. The van der Waals surface area contributed by atoms with Crippen molar-refractivity contribution >= 4 is 11.6 Å². The molecule has 0 radical (unpaired) electrons. The number of nitrogens with zero attached hydrogens (tertiary/aromatic N) is 2. The van der Waals surface area contributed by atoms with Gasteiger partial charge in [0.1, 0.15) is 24.8 Å². The molecule has 0 N–H and O–H groups in total. The minimum absolute atomic E-state index is 0.166. The van der Waals surface area contributed by atoms with E-state index in [-0.39, 0.29) is 12.4 Å². The molecule has 1 saturated carbocycles. The van der Waals surface area contributed by atoms with Crippen molar-refractivity contribution in [2.75, 3.05) is 13.2 Å². The van der Waals surface area contributed by atoms with Gasteiger partial charge in [-0.1, -0.05) is 17.7 Å². The van der Waals surface area contributed by atoms with Gasteiger partial charge in [0.05, 0.1) is 5.69 Å². The van der Waals surface area contributed by atoms with Crippen molar-refractivity contribution in [3.63, 3.8) is 0 Å². The summed E-state index contributed by atoms with van der Waals surface area (Å²) in [6, 6.07) is 12.2. The first-order valence-corrected chi connectivity index (χ1v) is 8.93. The summed E-state index contributed by atoms with van der Waals surface area (Å²) in [4.78, 5) is 4.46. The summed E-state index contributed by atoms with van der Waals surface area (Å²) < 4.78 is 26.9. The molecule has 1 aliphatic carbocycles. The number of aromatic nitrogens is 2. The highest BCUT2D eigenvalue weighted by Crippen LogP contribution is 2.39. The van der Waals surface area contributed by atoms with Crippen molar-refractivity contribution < 1.29 is 13.9 Å². The Morgan fingerprint density at radius 1 is 1.12 bits per heavy atom. The Labute approximate surface area is 156 Å². The summed E-state index contributed by atoms with van der Waals surface area (Å²) in [5.41, 5.74) is 1.02. The molecule has 0 saturated heterocycles. The summed E-state index contributed by atoms with van der Waals surface area (Å²) in [6.45, 7) is 0.548. The third-order valence-electron chi connectivity index (χ3n) is 4.21. The van der Waals surface area contributed by atoms with E-state index < -0.39 is 5.82 Å². The first-order chi connectivity index (χ1) is 12.7. The summed E-state index contributed by atoms with van der Waals surface area (Å²) in [7, 11) is 0. The van der Waals surface area contributed by atoms with Crippen LogP contribution in [0, 0.1) is 5.82 Å². The summed E-state index contributed by atoms with van der Waals surface area (Å²) in [6.07, 6.45) is 6.20. The highest BCUT2D eigenvalue weighted by Gasteiger charge is 2.28. The van der Waals surface area contributed by atoms with Gasteiger partial charge < -0.3 is 14.0 Å². The lowest BCUT2D eigenvalue weighted by Gasteiger charge is -2.11. The van der Waals surface area contributed by atoms with Crippen LogP contribution in [0.25, 0.3) is 5.69 Å². The number of imidazole rings is 1. The van der Waals surface area contributed by atoms with Crippen LogP contribution in [0.5, 0.6) is 11.5 Å². The fourth-order valence-electron chi connectivity index (χ4n) is 2.80. The largest absolute Gasteiger partial charge is 0.490 e. The van der Waals surface area contributed by atoms with E-state index in [0.29, 0.717) is 17.5 Å². The van der Waals surface area contributed by atoms with Crippen LogP contribution in [0.15, 0.2) is 54.9 Å². The third kappa shape index (κ3) is 3.83. The second-order valence-corrected chi connectivity index (χ2v) is 6.64. The molecule has 0 bridgehead atoms. The Morgan fingerprint density at radius 2 is 1.96 bits per heavy atom.